The number of hydrogen-bond acceptors (Lipinski definition) is 4. The molecule has 1 saturated heterocycles. The summed E-state index contributed by atoms with van der Waals surface area (Å²) in [6, 6.07) is -0.242. The maximum atomic E-state index is 13.7. The lowest BCUT2D eigenvalue weighted by molar-refractivity contribution is 0.0635. The first-order valence-electron chi connectivity index (χ1n) is 7.21. The molecule has 0 radical (unpaired) electrons. The van der Waals surface area contributed by atoms with Gasteiger partial charge in [0.15, 0.2) is 0 Å². The van der Waals surface area contributed by atoms with Crippen LogP contribution in [0.4, 0.5) is 8.78 Å². The second-order valence-electron chi connectivity index (χ2n) is 5.64. The summed E-state index contributed by atoms with van der Waals surface area (Å²) in [5.41, 5.74) is 0. The first-order chi connectivity index (χ1) is 9.09. The van der Waals surface area contributed by atoms with E-state index >= 15 is 0 Å². The third kappa shape index (κ3) is 3.87. The first-order valence-corrected chi connectivity index (χ1v) is 7.21. The van der Waals surface area contributed by atoms with Gasteiger partial charge in [-0.05, 0) is 32.1 Å². The number of nitrogens with one attached hydrogen (secondary N) is 1. The second-order valence-corrected chi connectivity index (χ2v) is 5.64. The molecule has 1 aliphatic carbocycles. The van der Waals surface area contributed by atoms with Gasteiger partial charge in [0.05, 0.1) is 6.04 Å². The molecular weight excluding hydrogens is 253 g/mol. The van der Waals surface area contributed by atoms with E-state index in [9.17, 15) is 8.78 Å². The highest BCUT2D eigenvalue weighted by Crippen LogP contribution is 2.31. The topological polar surface area (TPSA) is 55.7 Å². The Morgan fingerprint density at radius 3 is 2.68 bits per heavy atom. The van der Waals surface area contributed by atoms with E-state index in [2.05, 4.69) is 10.2 Å². The SMILES string of the molecule is OB(O)CCCCCN1CNC2C(F)C(F)CCC21. The minimum atomic E-state index is -1.38. The van der Waals surface area contributed by atoms with Crippen LogP contribution >= 0.6 is 0 Å². The molecule has 4 unspecified atom stereocenters. The molecule has 2 aliphatic rings. The van der Waals surface area contributed by atoms with Gasteiger partial charge in [-0.15, -0.1) is 0 Å². The van der Waals surface area contributed by atoms with Gasteiger partial charge in [-0.2, -0.15) is 0 Å². The molecule has 1 aliphatic heterocycles. The fraction of sp³-hybridized carbons (Fsp3) is 1.00. The number of nitrogens with zero attached hydrogens (tertiary/aromatic N) is 1. The van der Waals surface area contributed by atoms with Gasteiger partial charge in [0, 0.05) is 12.7 Å². The van der Waals surface area contributed by atoms with Gasteiger partial charge in [-0.3, -0.25) is 10.2 Å². The number of alkyl halides is 2. The summed E-state index contributed by atoms with van der Waals surface area (Å²) in [6.07, 6.45) is 1.40. The highest BCUT2D eigenvalue weighted by Gasteiger charge is 2.45. The lowest BCUT2D eigenvalue weighted by Crippen LogP contribution is -2.50. The molecule has 4 atom stereocenters. The Balaban J connectivity index is 1.68. The summed E-state index contributed by atoms with van der Waals surface area (Å²) < 4.78 is 27.0. The number of hydrogen-bond donors (Lipinski definition) is 3. The van der Waals surface area contributed by atoms with Crippen molar-refractivity contribution < 1.29 is 18.8 Å². The molecule has 0 bridgehead atoms. The van der Waals surface area contributed by atoms with Crippen molar-refractivity contribution in [2.24, 2.45) is 0 Å². The molecule has 3 N–H and O–H groups in total. The molecular formula is C12H23BF2N2O2. The molecule has 110 valence electrons. The Bertz CT molecular complexity index is 286. The maximum absolute atomic E-state index is 13.7. The van der Waals surface area contributed by atoms with Crippen molar-refractivity contribution in [2.45, 2.75) is 62.9 Å². The zero-order chi connectivity index (χ0) is 13.8. The quantitative estimate of drug-likeness (QED) is 0.494. The molecule has 4 nitrogen and oxygen atoms in total. The van der Waals surface area contributed by atoms with E-state index in [-0.39, 0.29) is 12.1 Å². The van der Waals surface area contributed by atoms with Crippen LogP contribution in [0, 0.1) is 0 Å². The number of fused-ring (bicyclic) bond motifs is 1. The van der Waals surface area contributed by atoms with E-state index in [1.807, 2.05) is 0 Å². The van der Waals surface area contributed by atoms with Crippen LogP contribution in [0.1, 0.15) is 32.1 Å². The molecule has 2 rings (SSSR count). The molecule has 0 aromatic heterocycles. The van der Waals surface area contributed by atoms with E-state index in [0.29, 0.717) is 25.8 Å². The smallest absolute Gasteiger partial charge is 0.427 e. The van der Waals surface area contributed by atoms with Crippen LogP contribution in [0.3, 0.4) is 0 Å². The summed E-state index contributed by atoms with van der Waals surface area (Å²) >= 11 is 0. The first kappa shape index (κ1) is 15.2. The molecule has 7 heteroatoms. The predicted molar refractivity (Wildman–Crippen MR) is 70.2 cm³/mol. The van der Waals surface area contributed by atoms with Crippen LogP contribution in [-0.4, -0.2) is 59.7 Å². The summed E-state index contributed by atoms with van der Waals surface area (Å²) in [5, 5.41) is 20.5. The molecule has 0 aromatic rings. The van der Waals surface area contributed by atoms with Gasteiger partial charge >= 0.3 is 7.12 Å². The van der Waals surface area contributed by atoms with Gasteiger partial charge in [0.2, 0.25) is 0 Å². The van der Waals surface area contributed by atoms with Crippen LogP contribution in [0.15, 0.2) is 0 Å². The number of unbranched alkanes of at least 4 members (excludes halogenated alkanes) is 2. The largest absolute Gasteiger partial charge is 0.451 e. The van der Waals surface area contributed by atoms with Crippen LogP contribution in [-0.2, 0) is 0 Å². The standard InChI is InChI=1S/C12H23BF2N2O2/c14-9-4-5-10-12(11(9)15)16-8-17(10)7-3-1-2-6-13(18)19/h9-12,16,18-19H,1-8H2. The fourth-order valence-corrected chi connectivity index (χ4v) is 3.17. The Morgan fingerprint density at radius 2 is 1.95 bits per heavy atom. The van der Waals surface area contributed by atoms with Crippen LogP contribution in [0.25, 0.3) is 0 Å². The van der Waals surface area contributed by atoms with Crippen molar-refractivity contribution in [1.82, 2.24) is 10.2 Å². The van der Waals surface area contributed by atoms with Crippen molar-refractivity contribution in [3.63, 3.8) is 0 Å². The van der Waals surface area contributed by atoms with Crippen molar-refractivity contribution >= 4 is 7.12 Å². The third-order valence-electron chi connectivity index (χ3n) is 4.25. The van der Waals surface area contributed by atoms with Crippen molar-refractivity contribution in [3.8, 4) is 0 Å². The second kappa shape index (κ2) is 6.97. The van der Waals surface area contributed by atoms with Crippen molar-refractivity contribution in [1.29, 1.82) is 0 Å². The maximum Gasteiger partial charge on any atom is 0.451 e. The fourth-order valence-electron chi connectivity index (χ4n) is 3.17. The zero-order valence-electron chi connectivity index (χ0n) is 11.1. The normalized spacial score (nSPS) is 35.4. The van der Waals surface area contributed by atoms with Crippen molar-refractivity contribution in [3.05, 3.63) is 0 Å². The lowest BCUT2D eigenvalue weighted by Gasteiger charge is -2.34. The highest BCUT2D eigenvalue weighted by atomic mass is 19.2. The van der Waals surface area contributed by atoms with Crippen LogP contribution < -0.4 is 5.32 Å². The van der Waals surface area contributed by atoms with Crippen LogP contribution in [0.2, 0.25) is 6.32 Å². The highest BCUT2D eigenvalue weighted by molar-refractivity contribution is 6.40. The van der Waals surface area contributed by atoms with Gasteiger partial charge < -0.3 is 10.0 Å². The lowest BCUT2D eigenvalue weighted by atomic mass is 9.83. The van der Waals surface area contributed by atoms with Crippen molar-refractivity contribution in [2.75, 3.05) is 13.2 Å². The van der Waals surface area contributed by atoms with Gasteiger partial charge in [-0.25, -0.2) is 8.78 Å². The molecule has 19 heavy (non-hydrogen) atoms. The third-order valence-corrected chi connectivity index (χ3v) is 4.25. The van der Waals surface area contributed by atoms with E-state index in [1.54, 1.807) is 0 Å². The van der Waals surface area contributed by atoms with Gasteiger partial charge in [0.25, 0.3) is 0 Å². The molecule has 0 spiro atoms. The Morgan fingerprint density at radius 1 is 1.16 bits per heavy atom. The Kier molecular flexibility index (Phi) is 5.56. The van der Waals surface area contributed by atoms with Gasteiger partial charge in [-0.1, -0.05) is 12.8 Å². The van der Waals surface area contributed by atoms with E-state index < -0.39 is 19.5 Å². The summed E-state index contributed by atoms with van der Waals surface area (Å²) in [7, 11) is -1.22. The zero-order valence-corrected chi connectivity index (χ0v) is 11.1. The molecule has 0 amide bonds. The molecule has 2 fully saturated rings. The number of rotatable bonds is 6. The van der Waals surface area contributed by atoms with Gasteiger partial charge in [0.1, 0.15) is 12.3 Å². The summed E-state index contributed by atoms with van der Waals surface area (Å²) in [5.74, 6) is 0. The molecule has 0 aromatic carbocycles. The Hall–Kier alpha value is -0.235. The van der Waals surface area contributed by atoms with E-state index in [1.165, 1.54) is 0 Å². The summed E-state index contributed by atoms with van der Waals surface area (Å²) in [4.78, 5) is 2.19. The average molecular weight is 276 g/mol. The monoisotopic (exact) mass is 276 g/mol. The summed E-state index contributed by atoms with van der Waals surface area (Å²) in [6.45, 7) is 1.49. The number of halogens is 2. The predicted octanol–water partition coefficient (Wildman–Crippen LogP) is 0.699. The minimum absolute atomic E-state index is 0.116. The van der Waals surface area contributed by atoms with Crippen LogP contribution in [0.5, 0.6) is 0 Å². The minimum Gasteiger partial charge on any atom is -0.427 e. The Labute approximate surface area is 113 Å². The van der Waals surface area contributed by atoms with E-state index in [0.717, 1.165) is 25.8 Å². The van der Waals surface area contributed by atoms with E-state index in [4.69, 9.17) is 10.0 Å². The molecule has 1 saturated carbocycles. The molecule has 1 heterocycles. The average Bonchev–Trinajstić information content (AvgIpc) is 2.77.